The first kappa shape index (κ1) is 23.4. The Bertz CT molecular complexity index is 1240. The van der Waals surface area contributed by atoms with E-state index in [4.69, 9.17) is 20.8 Å². The number of oxazole rings is 1. The summed E-state index contributed by atoms with van der Waals surface area (Å²) >= 11 is 6.17. The molecule has 1 aromatic heterocycles. The Balaban J connectivity index is 1.39. The maximum Gasteiger partial charge on any atom is 0.244 e. The lowest BCUT2D eigenvalue weighted by atomic mass is 10.1. The van der Waals surface area contributed by atoms with E-state index < -0.39 is 10.0 Å². The summed E-state index contributed by atoms with van der Waals surface area (Å²) in [6, 6.07) is 12.3. The van der Waals surface area contributed by atoms with Gasteiger partial charge in [0, 0.05) is 37.2 Å². The van der Waals surface area contributed by atoms with Gasteiger partial charge in [-0.1, -0.05) is 41.4 Å². The third kappa shape index (κ3) is 5.62. The molecule has 0 atom stereocenters. The lowest BCUT2D eigenvalue weighted by molar-refractivity contribution is -0.116. The third-order valence-corrected chi connectivity index (χ3v) is 7.64. The molecular weight excluding hydrogens is 466 g/mol. The number of halogens is 1. The molecule has 0 spiro atoms. The zero-order chi connectivity index (χ0) is 23.4. The van der Waals surface area contributed by atoms with Gasteiger partial charge in [0.1, 0.15) is 4.90 Å². The van der Waals surface area contributed by atoms with Gasteiger partial charge in [0.05, 0.1) is 24.4 Å². The van der Waals surface area contributed by atoms with Crippen molar-refractivity contribution in [2.24, 2.45) is 0 Å². The molecule has 0 saturated carbocycles. The Morgan fingerprint density at radius 1 is 1.15 bits per heavy atom. The molecule has 0 bridgehead atoms. The standard InChI is InChI=1S/C23H24ClN3O5S/c1-16-2-4-17(5-3-16)20-15-25-23(32-20)9-8-22(28)26-18-6-7-19(24)21(14-18)33(29,30)27-10-12-31-13-11-27/h2-7,14-15H,8-13H2,1H3,(H,26,28). The fraction of sp³-hybridized carbons (Fsp3) is 0.304. The van der Waals surface area contributed by atoms with Crippen molar-refractivity contribution in [3.63, 3.8) is 0 Å². The maximum atomic E-state index is 12.9. The quantitative estimate of drug-likeness (QED) is 0.540. The fourth-order valence-corrected chi connectivity index (χ4v) is 5.33. The highest BCUT2D eigenvalue weighted by atomic mass is 35.5. The number of amides is 1. The van der Waals surface area contributed by atoms with Crippen LogP contribution in [-0.4, -0.2) is 49.9 Å². The van der Waals surface area contributed by atoms with Crippen LogP contribution in [0.2, 0.25) is 5.02 Å². The molecule has 4 rings (SSSR count). The van der Waals surface area contributed by atoms with E-state index >= 15 is 0 Å². The number of carbonyl (C=O) groups excluding carboxylic acids is 1. The first-order valence-electron chi connectivity index (χ1n) is 10.5. The second kappa shape index (κ2) is 10.0. The zero-order valence-electron chi connectivity index (χ0n) is 18.1. The molecule has 8 nitrogen and oxygen atoms in total. The molecule has 1 saturated heterocycles. The lowest BCUT2D eigenvalue weighted by Gasteiger charge is -2.26. The lowest BCUT2D eigenvalue weighted by Crippen LogP contribution is -2.40. The zero-order valence-corrected chi connectivity index (χ0v) is 19.7. The Morgan fingerprint density at radius 2 is 1.88 bits per heavy atom. The van der Waals surface area contributed by atoms with Gasteiger partial charge in [-0.15, -0.1) is 0 Å². The molecule has 2 aromatic carbocycles. The van der Waals surface area contributed by atoms with Crippen LogP contribution in [0.1, 0.15) is 17.9 Å². The summed E-state index contributed by atoms with van der Waals surface area (Å²) in [7, 11) is -3.79. The van der Waals surface area contributed by atoms with Crippen molar-refractivity contribution in [1.82, 2.24) is 9.29 Å². The number of hydrogen-bond acceptors (Lipinski definition) is 6. The normalized spacial score (nSPS) is 14.8. The minimum absolute atomic E-state index is 0.0423. The minimum atomic E-state index is -3.79. The monoisotopic (exact) mass is 489 g/mol. The fourth-order valence-electron chi connectivity index (χ4n) is 3.43. The number of ether oxygens (including phenoxy) is 1. The molecule has 1 N–H and O–H groups in total. The first-order valence-corrected chi connectivity index (χ1v) is 12.3. The van der Waals surface area contributed by atoms with E-state index in [0.29, 0.717) is 37.0 Å². The van der Waals surface area contributed by atoms with Crippen molar-refractivity contribution in [2.45, 2.75) is 24.7 Å². The number of anilines is 1. The molecule has 0 aliphatic carbocycles. The summed E-state index contributed by atoms with van der Waals surface area (Å²) in [4.78, 5) is 16.7. The Morgan fingerprint density at radius 3 is 2.61 bits per heavy atom. The summed E-state index contributed by atoms with van der Waals surface area (Å²) in [6.07, 6.45) is 2.08. The summed E-state index contributed by atoms with van der Waals surface area (Å²) < 4.78 is 38.2. The molecule has 1 amide bonds. The third-order valence-electron chi connectivity index (χ3n) is 5.26. The predicted molar refractivity (Wildman–Crippen MR) is 125 cm³/mol. The first-order chi connectivity index (χ1) is 15.8. The van der Waals surface area contributed by atoms with E-state index in [0.717, 1.165) is 11.1 Å². The van der Waals surface area contributed by atoms with Crippen molar-refractivity contribution >= 4 is 33.2 Å². The van der Waals surface area contributed by atoms with Crippen LogP contribution in [0.15, 0.2) is 58.0 Å². The van der Waals surface area contributed by atoms with Crippen LogP contribution >= 0.6 is 11.6 Å². The van der Waals surface area contributed by atoms with Crippen LogP contribution in [0.5, 0.6) is 0 Å². The molecule has 2 heterocycles. The largest absolute Gasteiger partial charge is 0.441 e. The predicted octanol–water partition coefficient (Wildman–Crippen LogP) is 3.90. The number of morpholine rings is 1. The van der Waals surface area contributed by atoms with E-state index in [1.165, 1.54) is 16.4 Å². The van der Waals surface area contributed by atoms with Gasteiger partial charge < -0.3 is 14.5 Å². The average Bonchev–Trinajstić information content (AvgIpc) is 3.29. The van der Waals surface area contributed by atoms with Crippen LogP contribution in [0, 0.1) is 6.92 Å². The molecule has 3 aromatic rings. The number of sulfonamides is 1. The average molecular weight is 490 g/mol. The number of nitrogens with zero attached hydrogens (tertiary/aromatic N) is 2. The summed E-state index contributed by atoms with van der Waals surface area (Å²) in [6.45, 7) is 3.20. The van der Waals surface area contributed by atoms with Crippen molar-refractivity contribution in [3.8, 4) is 11.3 Å². The molecule has 33 heavy (non-hydrogen) atoms. The van der Waals surface area contributed by atoms with Crippen molar-refractivity contribution in [1.29, 1.82) is 0 Å². The molecular formula is C23H24ClN3O5S. The van der Waals surface area contributed by atoms with Crippen molar-refractivity contribution in [2.75, 3.05) is 31.6 Å². The van der Waals surface area contributed by atoms with Gasteiger partial charge in [-0.05, 0) is 25.1 Å². The smallest absolute Gasteiger partial charge is 0.244 e. The molecule has 0 radical (unpaired) electrons. The minimum Gasteiger partial charge on any atom is -0.441 e. The van der Waals surface area contributed by atoms with Gasteiger partial charge in [-0.2, -0.15) is 4.31 Å². The highest BCUT2D eigenvalue weighted by Gasteiger charge is 2.28. The van der Waals surface area contributed by atoms with Crippen LogP contribution in [-0.2, 0) is 26.0 Å². The van der Waals surface area contributed by atoms with Gasteiger partial charge in [-0.25, -0.2) is 13.4 Å². The second-order valence-electron chi connectivity index (χ2n) is 7.69. The van der Waals surface area contributed by atoms with Crippen molar-refractivity contribution in [3.05, 3.63) is 65.1 Å². The van der Waals surface area contributed by atoms with Gasteiger partial charge in [0.2, 0.25) is 15.9 Å². The molecule has 174 valence electrons. The number of benzene rings is 2. The summed E-state index contributed by atoms with van der Waals surface area (Å²) in [5.74, 6) is 0.801. The highest BCUT2D eigenvalue weighted by molar-refractivity contribution is 7.89. The van der Waals surface area contributed by atoms with Crippen LogP contribution in [0.25, 0.3) is 11.3 Å². The van der Waals surface area contributed by atoms with E-state index in [-0.39, 0.29) is 35.3 Å². The van der Waals surface area contributed by atoms with E-state index in [1.54, 1.807) is 12.3 Å². The van der Waals surface area contributed by atoms with Gasteiger partial charge >= 0.3 is 0 Å². The number of hydrogen-bond donors (Lipinski definition) is 1. The van der Waals surface area contributed by atoms with Gasteiger partial charge in [0.15, 0.2) is 11.7 Å². The molecule has 1 aliphatic heterocycles. The number of nitrogens with one attached hydrogen (secondary N) is 1. The van der Waals surface area contributed by atoms with E-state index in [1.807, 2.05) is 31.2 Å². The van der Waals surface area contributed by atoms with E-state index in [9.17, 15) is 13.2 Å². The topological polar surface area (TPSA) is 102 Å². The van der Waals surface area contributed by atoms with Crippen LogP contribution in [0.4, 0.5) is 5.69 Å². The van der Waals surface area contributed by atoms with Gasteiger partial charge in [-0.3, -0.25) is 4.79 Å². The molecule has 1 fully saturated rings. The number of carbonyl (C=O) groups is 1. The van der Waals surface area contributed by atoms with Crippen molar-refractivity contribution < 1.29 is 22.4 Å². The van der Waals surface area contributed by atoms with Crippen LogP contribution in [0.3, 0.4) is 0 Å². The molecule has 0 unspecified atom stereocenters. The van der Waals surface area contributed by atoms with E-state index in [2.05, 4.69) is 10.3 Å². The second-order valence-corrected chi connectivity index (χ2v) is 10.0. The molecule has 10 heteroatoms. The SMILES string of the molecule is Cc1ccc(-c2cnc(CCC(=O)Nc3ccc(Cl)c(S(=O)(=O)N4CCOCC4)c3)o2)cc1. The Labute approximate surface area is 197 Å². The number of aromatic nitrogens is 1. The van der Waals surface area contributed by atoms with Crippen LogP contribution < -0.4 is 5.32 Å². The Kier molecular flexibility index (Phi) is 7.14. The van der Waals surface area contributed by atoms with Gasteiger partial charge in [0.25, 0.3) is 0 Å². The maximum absolute atomic E-state index is 12.9. The summed E-state index contributed by atoms with van der Waals surface area (Å²) in [5.41, 5.74) is 2.42. The number of rotatable bonds is 7. The summed E-state index contributed by atoms with van der Waals surface area (Å²) in [5, 5.41) is 2.82. The highest BCUT2D eigenvalue weighted by Crippen LogP contribution is 2.28. The number of aryl methyl sites for hydroxylation is 2. The molecule has 1 aliphatic rings. The Hall–Kier alpha value is -2.72.